The summed E-state index contributed by atoms with van der Waals surface area (Å²) < 4.78 is 1.33. The molecule has 11 aromatic carbocycles. The van der Waals surface area contributed by atoms with Gasteiger partial charge >= 0.3 is 0 Å². The van der Waals surface area contributed by atoms with Gasteiger partial charge in [0.15, 0.2) is 0 Å². The lowest BCUT2D eigenvalue weighted by Gasteiger charge is -2.43. The van der Waals surface area contributed by atoms with E-state index in [1.807, 2.05) is 11.3 Å². The van der Waals surface area contributed by atoms with Crippen molar-refractivity contribution in [2.75, 3.05) is 9.80 Å². The predicted octanol–water partition coefficient (Wildman–Crippen LogP) is 14.5. The lowest BCUT2D eigenvalue weighted by molar-refractivity contribution is 1.15. The molecule has 288 valence electrons. The minimum absolute atomic E-state index is 0.0659. The molecule has 0 atom stereocenters. The van der Waals surface area contributed by atoms with Crippen molar-refractivity contribution in [3.63, 3.8) is 0 Å². The van der Waals surface area contributed by atoms with Crippen LogP contribution >= 0.6 is 11.3 Å². The minimum Gasteiger partial charge on any atom is -0.311 e. The minimum atomic E-state index is 0.0659. The molecule has 2 nitrogen and oxygen atoms in total. The van der Waals surface area contributed by atoms with Crippen molar-refractivity contribution in [3.8, 4) is 0 Å². The summed E-state index contributed by atoms with van der Waals surface area (Å²) in [4.78, 5) is 5.14. The van der Waals surface area contributed by atoms with Crippen LogP contribution in [0.1, 0.15) is 12.5 Å². The maximum Gasteiger partial charge on any atom is 0.254 e. The van der Waals surface area contributed by atoms with Crippen molar-refractivity contribution < 1.29 is 0 Å². The lowest BCUT2D eigenvalue weighted by Crippen LogP contribution is -2.61. The van der Waals surface area contributed by atoms with Crippen molar-refractivity contribution in [2.45, 2.75) is 13.3 Å². The first-order valence-corrected chi connectivity index (χ1v) is 22.6. The zero-order valence-electron chi connectivity index (χ0n) is 34.1. The lowest BCUT2D eigenvalue weighted by atomic mass is 9.33. The van der Waals surface area contributed by atoms with Gasteiger partial charge in [0.25, 0.3) is 6.71 Å². The SMILES string of the molecule is CCc1ccc2sc3c(c2c1)B1c2ccccc2N(c2ccc4c5ccccc5c5ccccc5c4c2)c2cccc(c21)N3c1ccc2c3ccccc3c3ccccc3c2c1. The van der Waals surface area contributed by atoms with Crippen molar-refractivity contribution in [1.82, 2.24) is 0 Å². The molecule has 0 saturated heterocycles. The van der Waals surface area contributed by atoms with Gasteiger partial charge in [0.2, 0.25) is 0 Å². The second-order valence-electron chi connectivity index (χ2n) is 17.0. The molecule has 1 aromatic heterocycles. The van der Waals surface area contributed by atoms with Gasteiger partial charge in [-0.25, -0.2) is 0 Å². The van der Waals surface area contributed by atoms with E-state index in [4.69, 9.17) is 0 Å². The van der Waals surface area contributed by atoms with Gasteiger partial charge in [0.1, 0.15) is 0 Å². The van der Waals surface area contributed by atoms with Gasteiger partial charge in [-0.05, 0) is 147 Å². The third kappa shape index (κ3) is 4.60. The molecule has 62 heavy (non-hydrogen) atoms. The first-order valence-electron chi connectivity index (χ1n) is 21.8. The van der Waals surface area contributed by atoms with E-state index in [-0.39, 0.29) is 6.71 Å². The number of fused-ring (bicyclic) bond motifs is 18. The second kappa shape index (κ2) is 12.8. The number of hydrogen-bond acceptors (Lipinski definition) is 3. The largest absolute Gasteiger partial charge is 0.311 e. The van der Waals surface area contributed by atoms with E-state index in [0.29, 0.717) is 0 Å². The highest BCUT2D eigenvalue weighted by Gasteiger charge is 2.45. The number of para-hydroxylation sites is 1. The summed E-state index contributed by atoms with van der Waals surface area (Å²) in [5.41, 5.74) is 11.5. The van der Waals surface area contributed by atoms with E-state index >= 15 is 0 Å². The first-order chi connectivity index (χ1) is 30.7. The van der Waals surface area contributed by atoms with Crippen LogP contribution in [0.2, 0.25) is 0 Å². The molecule has 0 spiro atoms. The molecule has 3 heterocycles. The maximum atomic E-state index is 2.59. The molecule has 0 radical (unpaired) electrons. The molecule has 0 bridgehead atoms. The van der Waals surface area contributed by atoms with Crippen LogP contribution in [0.15, 0.2) is 194 Å². The third-order valence-corrected chi connectivity index (χ3v) is 15.1. The van der Waals surface area contributed by atoms with Crippen LogP contribution in [-0.2, 0) is 6.42 Å². The van der Waals surface area contributed by atoms with Gasteiger partial charge in [-0.1, -0.05) is 153 Å². The smallest absolute Gasteiger partial charge is 0.254 e. The number of benzene rings is 11. The Labute approximate surface area is 363 Å². The van der Waals surface area contributed by atoms with Gasteiger partial charge in [-0.3, -0.25) is 0 Å². The number of thiophene rings is 1. The molecule has 0 amide bonds. The van der Waals surface area contributed by atoms with Crippen LogP contribution in [-0.4, -0.2) is 6.71 Å². The fourth-order valence-electron chi connectivity index (χ4n) is 11.3. The molecule has 0 aliphatic carbocycles. The van der Waals surface area contributed by atoms with E-state index in [1.165, 1.54) is 130 Å². The zero-order valence-corrected chi connectivity index (χ0v) is 34.9. The predicted molar refractivity (Wildman–Crippen MR) is 270 cm³/mol. The molecule has 2 aliphatic rings. The van der Waals surface area contributed by atoms with Crippen LogP contribution in [0.3, 0.4) is 0 Å². The normalized spacial score (nSPS) is 13.2. The summed E-state index contributed by atoms with van der Waals surface area (Å²) >= 11 is 1.93. The van der Waals surface area contributed by atoms with Crippen LogP contribution < -0.4 is 26.2 Å². The van der Waals surface area contributed by atoms with Crippen molar-refractivity contribution >= 4 is 143 Å². The summed E-state index contributed by atoms with van der Waals surface area (Å²) in [5, 5.41) is 18.1. The van der Waals surface area contributed by atoms with Gasteiger partial charge < -0.3 is 9.80 Å². The van der Waals surface area contributed by atoms with Crippen molar-refractivity contribution in [3.05, 3.63) is 200 Å². The molecular weight excluding hydrogens is 768 g/mol. The van der Waals surface area contributed by atoms with E-state index in [0.717, 1.165) is 6.42 Å². The highest BCUT2D eigenvalue weighted by atomic mass is 32.1. The maximum absolute atomic E-state index is 2.59. The Kier molecular flexibility index (Phi) is 7.09. The number of nitrogens with zero attached hydrogens (tertiary/aromatic N) is 2. The Morgan fingerprint density at radius 3 is 1.37 bits per heavy atom. The van der Waals surface area contributed by atoms with E-state index in [2.05, 4.69) is 211 Å². The highest BCUT2D eigenvalue weighted by molar-refractivity contribution is 7.26. The standard InChI is InChI=1S/C58H37BN2S/c1-2-35-26-31-55-50(32-35)56-58(62-55)61(37-28-30-47-43-19-6-4-15-39(43)41-17-8-10-21-45(41)49(47)34-37)54-25-13-24-53-57(54)59(56)51-22-11-12-23-52(51)60(53)36-27-29-46-42-18-5-3-14-38(42)40-16-7-9-20-44(40)48(46)33-36/h3-34H,2H2,1H3. The van der Waals surface area contributed by atoms with Gasteiger partial charge in [-0.2, -0.15) is 0 Å². The summed E-state index contributed by atoms with van der Waals surface area (Å²) in [6, 6.07) is 73.3. The average Bonchev–Trinajstić information content (AvgIpc) is 3.72. The second-order valence-corrected chi connectivity index (χ2v) is 18.1. The molecule has 0 fully saturated rings. The summed E-state index contributed by atoms with van der Waals surface area (Å²) in [6.07, 6.45) is 0.999. The van der Waals surface area contributed by atoms with E-state index in [9.17, 15) is 0 Å². The Bertz CT molecular complexity index is 3830. The quantitative estimate of drug-likeness (QED) is 0.130. The fraction of sp³-hybridized carbons (Fsp3) is 0.0345. The summed E-state index contributed by atoms with van der Waals surface area (Å²) in [6.45, 7) is 2.34. The van der Waals surface area contributed by atoms with Crippen molar-refractivity contribution in [2.24, 2.45) is 0 Å². The van der Waals surface area contributed by atoms with Crippen LogP contribution in [0.25, 0.3) is 74.7 Å². The molecule has 14 rings (SSSR count). The van der Waals surface area contributed by atoms with Gasteiger partial charge in [-0.15, -0.1) is 11.3 Å². The summed E-state index contributed by atoms with van der Waals surface area (Å²) in [5.74, 6) is 0. The van der Waals surface area contributed by atoms with Crippen molar-refractivity contribution in [1.29, 1.82) is 0 Å². The van der Waals surface area contributed by atoms with E-state index in [1.54, 1.807) is 0 Å². The molecule has 0 saturated carbocycles. The van der Waals surface area contributed by atoms with Crippen LogP contribution in [0.5, 0.6) is 0 Å². The number of rotatable bonds is 3. The molecular formula is C58H37BN2S. The molecule has 0 unspecified atom stereocenters. The van der Waals surface area contributed by atoms with Crippen LogP contribution in [0.4, 0.5) is 33.4 Å². The zero-order chi connectivity index (χ0) is 40.6. The number of anilines is 6. The molecule has 2 aliphatic heterocycles. The third-order valence-electron chi connectivity index (χ3n) is 14.0. The number of aryl methyl sites for hydroxylation is 1. The molecule has 4 heteroatoms. The monoisotopic (exact) mass is 804 g/mol. The van der Waals surface area contributed by atoms with Crippen LogP contribution in [0, 0.1) is 0 Å². The number of hydrogen-bond donors (Lipinski definition) is 0. The fourth-order valence-corrected chi connectivity index (χ4v) is 12.5. The highest BCUT2D eigenvalue weighted by Crippen LogP contribution is 2.49. The van der Waals surface area contributed by atoms with E-state index < -0.39 is 0 Å². The van der Waals surface area contributed by atoms with Gasteiger partial charge in [0.05, 0.1) is 5.00 Å². The Morgan fingerprint density at radius 1 is 0.371 bits per heavy atom. The Morgan fingerprint density at radius 2 is 0.823 bits per heavy atom. The Balaban J connectivity index is 1.06. The van der Waals surface area contributed by atoms with Gasteiger partial charge in [0, 0.05) is 33.1 Å². The average molecular weight is 805 g/mol. The molecule has 12 aromatic rings. The first kappa shape index (κ1) is 34.3. The Hall–Kier alpha value is -7.40. The molecule has 0 N–H and O–H groups in total. The topological polar surface area (TPSA) is 6.48 Å². The summed E-state index contributed by atoms with van der Waals surface area (Å²) in [7, 11) is 0.